The van der Waals surface area contributed by atoms with Crippen molar-refractivity contribution in [2.75, 3.05) is 43.5 Å². The zero-order chi connectivity index (χ0) is 17.1. The first-order chi connectivity index (χ1) is 11.6. The number of rotatable bonds is 3. The van der Waals surface area contributed by atoms with Crippen molar-refractivity contribution in [3.05, 3.63) is 59.7 Å². The SMILES string of the molecule is CCN(C)c1ccc(C(=O)N2CCN(C)Cc3ccccc32)cc1. The maximum absolute atomic E-state index is 13.1. The topological polar surface area (TPSA) is 26.8 Å². The largest absolute Gasteiger partial charge is 0.375 e. The van der Waals surface area contributed by atoms with Gasteiger partial charge in [-0.25, -0.2) is 0 Å². The molecule has 0 fully saturated rings. The number of carbonyl (C=O) groups excluding carboxylic acids is 1. The molecule has 0 atom stereocenters. The van der Waals surface area contributed by atoms with Crippen LogP contribution in [-0.4, -0.2) is 44.5 Å². The van der Waals surface area contributed by atoms with E-state index in [0.717, 1.165) is 36.6 Å². The number of para-hydroxylation sites is 1. The van der Waals surface area contributed by atoms with Crippen LogP contribution in [0.25, 0.3) is 0 Å². The lowest BCUT2D eigenvalue weighted by atomic mass is 10.1. The first kappa shape index (κ1) is 16.5. The Morgan fingerprint density at radius 2 is 1.79 bits per heavy atom. The minimum Gasteiger partial charge on any atom is -0.375 e. The lowest BCUT2D eigenvalue weighted by molar-refractivity contribution is 0.0986. The summed E-state index contributed by atoms with van der Waals surface area (Å²) in [6, 6.07) is 16.1. The molecule has 4 nitrogen and oxygen atoms in total. The Bertz CT molecular complexity index is 711. The van der Waals surface area contributed by atoms with Crippen molar-refractivity contribution < 1.29 is 4.79 Å². The summed E-state index contributed by atoms with van der Waals surface area (Å²) < 4.78 is 0. The van der Waals surface area contributed by atoms with Gasteiger partial charge in [0.25, 0.3) is 5.91 Å². The Kier molecular flexibility index (Phi) is 4.86. The van der Waals surface area contributed by atoms with Crippen LogP contribution in [0.15, 0.2) is 48.5 Å². The number of fused-ring (bicyclic) bond motifs is 1. The molecule has 0 aromatic heterocycles. The van der Waals surface area contributed by atoms with Crippen molar-refractivity contribution in [3.8, 4) is 0 Å². The number of benzene rings is 2. The van der Waals surface area contributed by atoms with Crippen molar-refractivity contribution in [1.82, 2.24) is 4.90 Å². The number of amides is 1. The summed E-state index contributed by atoms with van der Waals surface area (Å²) in [5, 5.41) is 0. The summed E-state index contributed by atoms with van der Waals surface area (Å²) in [6.45, 7) is 5.52. The third-order valence-electron chi connectivity index (χ3n) is 4.70. The van der Waals surface area contributed by atoms with E-state index < -0.39 is 0 Å². The highest BCUT2D eigenvalue weighted by molar-refractivity contribution is 6.06. The first-order valence-corrected chi connectivity index (χ1v) is 8.49. The second kappa shape index (κ2) is 7.05. The summed E-state index contributed by atoms with van der Waals surface area (Å²) in [7, 11) is 4.15. The van der Waals surface area contributed by atoms with E-state index in [1.54, 1.807) is 0 Å². The lowest BCUT2D eigenvalue weighted by Gasteiger charge is -2.23. The molecule has 1 aliphatic rings. The van der Waals surface area contributed by atoms with Crippen LogP contribution < -0.4 is 9.80 Å². The number of hydrogen-bond donors (Lipinski definition) is 0. The Morgan fingerprint density at radius 3 is 2.50 bits per heavy atom. The molecule has 3 rings (SSSR count). The summed E-state index contributed by atoms with van der Waals surface area (Å²) in [5.41, 5.74) is 4.10. The van der Waals surface area contributed by atoms with Gasteiger partial charge in [0.2, 0.25) is 0 Å². The standard InChI is InChI=1S/C20H25N3O/c1-4-22(3)18-11-9-16(10-12-18)20(24)23-14-13-21(2)15-17-7-5-6-8-19(17)23/h5-12H,4,13-15H2,1-3H3. The number of likely N-dealkylation sites (N-methyl/N-ethyl adjacent to an activating group) is 1. The molecule has 126 valence electrons. The van der Waals surface area contributed by atoms with E-state index in [2.05, 4.69) is 36.9 Å². The summed E-state index contributed by atoms with van der Waals surface area (Å²) >= 11 is 0. The first-order valence-electron chi connectivity index (χ1n) is 8.49. The van der Waals surface area contributed by atoms with Gasteiger partial charge in [-0.15, -0.1) is 0 Å². The lowest BCUT2D eigenvalue weighted by Crippen LogP contribution is -2.35. The van der Waals surface area contributed by atoms with Crippen LogP contribution in [0.3, 0.4) is 0 Å². The van der Waals surface area contributed by atoms with E-state index in [9.17, 15) is 4.79 Å². The molecule has 0 saturated carbocycles. The van der Waals surface area contributed by atoms with Gasteiger partial charge in [0.05, 0.1) is 0 Å². The molecular formula is C20H25N3O. The van der Waals surface area contributed by atoms with Crippen LogP contribution in [0.1, 0.15) is 22.8 Å². The van der Waals surface area contributed by atoms with Gasteiger partial charge in [-0.3, -0.25) is 4.79 Å². The molecule has 1 heterocycles. The highest BCUT2D eigenvalue weighted by Crippen LogP contribution is 2.26. The normalized spacial score (nSPS) is 14.9. The van der Waals surface area contributed by atoms with E-state index in [0.29, 0.717) is 6.54 Å². The van der Waals surface area contributed by atoms with Crippen molar-refractivity contribution in [2.24, 2.45) is 0 Å². The smallest absolute Gasteiger partial charge is 0.258 e. The molecule has 4 heteroatoms. The van der Waals surface area contributed by atoms with Crippen LogP contribution in [-0.2, 0) is 6.54 Å². The monoisotopic (exact) mass is 323 g/mol. The van der Waals surface area contributed by atoms with Gasteiger partial charge >= 0.3 is 0 Å². The molecule has 0 bridgehead atoms. The zero-order valence-corrected chi connectivity index (χ0v) is 14.7. The average molecular weight is 323 g/mol. The molecule has 0 radical (unpaired) electrons. The molecule has 2 aromatic carbocycles. The fourth-order valence-electron chi connectivity index (χ4n) is 3.08. The van der Waals surface area contributed by atoms with Crippen LogP contribution in [0, 0.1) is 0 Å². The predicted molar refractivity (Wildman–Crippen MR) is 99.8 cm³/mol. The van der Waals surface area contributed by atoms with Gasteiger partial charge in [0.15, 0.2) is 0 Å². The highest BCUT2D eigenvalue weighted by atomic mass is 16.2. The quantitative estimate of drug-likeness (QED) is 0.867. The summed E-state index contributed by atoms with van der Waals surface area (Å²) in [4.78, 5) is 19.4. The highest BCUT2D eigenvalue weighted by Gasteiger charge is 2.23. The van der Waals surface area contributed by atoms with Crippen molar-refractivity contribution in [1.29, 1.82) is 0 Å². The third kappa shape index (κ3) is 3.29. The molecule has 0 spiro atoms. The molecule has 2 aromatic rings. The molecule has 1 amide bonds. The van der Waals surface area contributed by atoms with Crippen molar-refractivity contribution >= 4 is 17.3 Å². The third-order valence-corrected chi connectivity index (χ3v) is 4.70. The van der Waals surface area contributed by atoms with E-state index in [4.69, 9.17) is 0 Å². The fraction of sp³-hybridized carbons (Fsp3) is 0.350. The molecular weight excluding hydrogens is 298 g/mol. The van der Waals surface area contributed by atoms with Crippen LogP contribution in [0.2, 0.25) is 0 Å². The number of hydrogen-bond acceptors (Lipinski definition) is 3. The van der Waals surface area contributed by atoms with E-state index in [1.165, 1.54) is 5.56 Å². The Hall–Kier alpha value is -2.33. The van der Waals surface area contributed by atoms with Gasteiger partial charge in [-0.2, -0.15) is 0 Å². The summed E-state index contributed by atoms with van der Waals surface area (Å²) in [5.74, 6) is 0.0726. The minimum atomic E-state index is 0.0726. The van der Waals surface area contributed by atoms with Crippen LogP contribution >= 0.6 is 0 Å². The number of nitrogens with zero attached hydrogens (tertiary/aromatic N) is 3. The van der Waals surface area contributed by atoms with E-state index in [1.807, 2.05) is 47.4 Å². The Morgan fingerprint density at radius 1 is 1.08 bits per heavy atom. The molecule has 1 aliphatic heterocycles. The number of carbonyl (C=O) groups is 1. The molecule has 0 N–H and O–H groups in total. The van der Waals surface area contributed by atoms with Gasteiger partial charge in [0, 0.05) is 50.2 Å². The van der Waals surface area contributed by atoms with Gasteiger partial charge in [-0.1, -0.05) is 18.2 Å². The van der Waals surface area contributed by atoms with Crippen molar-refractivity contribution in [2.45, 2.75) is 13.5 Å². The molecule has 0 saturated heterocycles. The maximum Gasteiger partial charge on any atom is 0.258 e. The Balaban J connectivity index is 1.89. The van der Waals surface area contributed by atoms with Gasteiger partial charge in [-0.05, 0) is 49.9 Å². The molecule has 0 unspecified atom stereocenters. The maximum atomic E-state index is 13.1. The van der Waals surface area contributed by atoms with Gasteiger partial charge in [0.1, 0.15) is 0 Å². The minimum absolute atomic E-state index is 0.0726. The Labute approximate surface area is 144 Å². The van der Waals surface area contributed by atoms with Crippen LogP contribution in [0.4, 0.5) is 11.4 Å². The van der Waals surface area contributed by atoms with E-state index >= 15 is 0 Å². The average Bonchev–Trinajstić information content (AvgIpc) is 2.78. The van der Waals surface area contributed by atoms with Gasteiger partial charge < -0.3 is 14.7 Å². The van der Waals surface area contributed by atoms with Crippen LogP contribution in [0.5, 0.6) is 0 Å². The molecule has 24 heavy (non-hydrogen) atoms. The zero-order valence-electron chi connectivity index (χ0n) is 14.7. The fourth-order valence-corrected chi connectivity index (χ4v) is 3.08. The second-order valence-corrected chi connectivity index (χ2v) is 6.38. The van der Waals surface area contributed by atoms with Crippen molar-refractivity contribution in [3.63, 3.8) is 0 Å². The predicted octanol–water partition coefficient (Wildman–Crippen LogP) is 3.23. The summed E-state index contributed by atoms with van der Waals surface area (Å²) in [6.07, 6.45) is 0. The molecule has 0 aliphatic carbocycles. The van der Waals surface area contributed by atoms with E-state index in [-0.39, 0.29) is 5.91 Å². The second-order valence-electron chi connectivity index (χ2n) is 6.38. The number of anilines is 2.